The van der Waals surface area contributed by atoms with Gasteiger partial charge in [0.15, 0.2) is 0 Å². The molecule has 12 heavy (non-hydrogen) atoms. The first-order chi connectivity index (χ1) is 5.72. The molecule has 2 nitrogen and oxygen atoms in total. The quantitative estimate of drug-likeness (QED) is 0.722. The highest BCUT2D eigenvalue weighted by molar-refractivity contribution is 5.78. The Balaban J connectivity index is 2.79. The largest absolute Gasteiger partial charge is 0.326 e. The van der Waals surface area contributed by atoms with Crippen molar-refractivity contribution in [3.8, 4) is 0 Å². The van der Waals surface area contributed by atoms with Gasteiger partial charge in [0.2, 0.25) is 0 Å². The molecular formula is C10H12NO. The van der Waals surface area contributed by atoms with Crippen molar-refractivity contribution in [3.63, 3.8) is 0 Å². The van der Waals surface area contributed by atoms with Gasteiger partial charge in [-0.15, -0.1) is 0 Å². The SMILES string of the molecule is CC(=O)Cc1cc[c]c(CN)c1. The first kappa shape index (κ1) is 8.94. The molecule has 1 aromatic carbocycles. The lowest BCUT2D eigenvalue weighted by Crippen LogP contribution is -2.00. The van der Waals surface area contributed by atoms with Gasteiger partial charge in [-0.1, -0.05) is 18.2 Å². The van der Waals surface area contributed by atoms with Gasteiger partial charge >= 0.3 is 0 Å². The molecule has 0 aliphatic rings. The third kappa shape index (κ3) is 2.47. The van der Waals surface area contributed by atoms with E-state index in [1.54, 1.807) is 13.0 Å². The third-order valence-corrected chi connectivity index (χ3v) is 1.60. The number of carbonyl (C=O) groups excluding carboxylic acids is 1. The van der Waals surface area contributed by atoms with Gasteiger partial charge in [0.05, 0.1) is 0 Å². The fourth-order valence-corrected chi connectivity index (χ4v) is 1.08. The highest BCUT2D eigenvalue weighted by Gasteiger charge is 1.97. The molecular weight excluding hydrogens is 150 g/mol. The van der Waals surface area contributed by atoms with Crippen LogP contribution in [0.25, 0.3) is 0 Å². The van der Waals surface area contributed by atoms with Gasteiger partial charge in [0.1, 0.15) is 5.78 Å². The Morgan fingerprint density at radius 2 is 2.42 bits per heavy atom. The van der Waals surface area contributed by atoms with Gasteiger partial charge in [0.25, 0.3) is 0 Å². The van der Waals surface area contributed by atoms with Crippen molar-refractivity contribution in [2.75, 3.05) is 0 Å². The maximum atomic E-state index is 10.8. The maximum Gasteiger partial charge on any atom is 0.134 e. The molecule has 1 rings (SSSR count). The summed E-state index contributed by atoms with van der Waals surface area (Å²) in [6.45, 7) is 2.06. The number of hydrogen-bond acceptors (Lipinski definition) is 2. The molecule has 63 valence electrons. The predicted octanol–water partition coefficient (Wildman–Crippen LogP) is 1.08. The summed E-state index contributed by atoms with van der Waals surface area (Å²) in [7, 11) is 0. The number of benzene rings is 1. The zero-order valence-corrected chi connectivity index (χ0v) is 7.13. The van der Waals surface area contributed by atoms with Gasteiger partial charge in [-0.05, 0) is 24.1 Å². The predicted molar refractivity (Wildman–Crippen MR) is 47.6 cm³/mol. The number of rotatable bonds is 3. The maximum absolute atomic E-state index is 10.8. The molecule has 0 saturated carbocycles. The second-order valence-electron chi connectivity index (χ2n) is 2.81. The molecule has 2 N–H and O–H groups in total. The second-order valence-corrected chi connectivity index (χ2v) is 2.81. The van der Waals surface area contributed by atoms with E-state index >= 15 is 0 Å². The summed E-state index contributed by atoms with van der Waals surface area (Å²) in [5.74, 6) is 0.171. The standard InChI is InChI=1S/C10H12NO/c1-8(12)5-9-3-2-4-10(6-9)7-11/h2-3,6H,5,7,11H2,1H3. The molecule has 0 amide bonds. The lowest BCUT2D eigenvalue weighted by atomic mass is 10.1. The number of nitrogens with two attached hydrogens (primary N) is 1. The number of Topliss-reactive ketones (excluding diaryl/α,β-unsaturated/α-hetero) is 1. The van der Waals surface area contributed by atoms with Crippen LogP contribution in [0.2, 0.25) is 0 Å². The molecule has 0 saturated heterocycles. The molecule has 0 unspecified atom stereocenters. The Bertz CT molecular complexity index is 281. The summed E-state index contributed by atoms with van der Waals surface area (Å²) in [5.41, 5.74) is 7.40. The zero-order valence-electron chi connectivity index (χ0n) is 7.13. The van der Waals surface area contributed by atoms with Gasteiger partial charge in [0, 0.05) is 13.0 Å². The van der Waals surface area contributed by atoms with E-state index in [0.717, 1.165) is 11.1 Å². The van der Waals surface area contributed by atoms with Crippen molar-refractivity contribution in [1.29, 1.82) is 0 Å². The smallest absolute Gasteiger partial charge is 0.134 e. The van der Waals surface area contributed by atoms with E-state index in [9.17, 15) is 4.79 Å². The zero-order chi connectivity index (χ0) is 8.97. The van der Waals surface area contributed by atoms with E-state index in [1.807, 2.05) is 12.1 Å². The summed E-state index contributed by atoms with van der Waals surface area (Å²) >= 11 is 0. The molecule has 0 fully saturated rings. The number of hydrogen-bond donors (Lipinski definition) is 1. The summed E-state index contributed by atoms with van der Waals surface area (Å²) in [5, 5.41) is 0. The number of ketones is 1. The van der Waals surface area contributed by atoms with Crippen LogP contribution in [0.4, 0.5) is 0 Å². The molecule has 0 aromatic heterocycles. The van der Waals surface area contributed by atoms with Crippen LogP contribution in [-0.4, -0.2) is 5.78 Å². The monoisotopic (exact) mass is 162 g/mol. The van der Waals surface area contributed by atoms with Gasteiger partial charge in [-0.25, -0.2) is 0 Å². The van der Waals surface area contributed by atoms with Gasteiger partial charge in [-0.3, -0.25) is 4.79 Å². The van der Waals surface area contributed by atoms with Crippen LogP contribution in [0.15, 0.2) is 18.2 Å². The fourth-order valence-electron chi connectivity index (χ4n) is 1.08. The van der Waals surface area contributed by atoms with E-state index in [2.05, 4.69) is 6.07 Å². The van der Waals surface area contributed by atoms with E-state index in [4.69, 9.17) is 5.73 Å². The topological polar surface area (TPSA) is 43.1 Å². The Labute approximate surface area is 72.4 Å². The fraction of sp³-hybridized carbons (Fsp3) is 0.300. The molecule has 1 radical (unpaired) electrons. The second kappa shape index (κ2) is 4.02. The van der Waals surface area contributed by atoms with Crippen molar-refractivity contribution in [3.05, 3.63) is 35.4 Å². The molecule has 0 bridgehead atoms. The number of carbonyl (C=O) groups is 1. The normalized spacial score (nSPS) is 9.83. The molecule has 0 spiro atoms. The first-order valence-corrected chi connectivity index (χ1v) is 3.91. The van der Waals surface area contributed by atoms with Crippen LogP contribution < -0.4 is 5.73 Å². The van der Waals surface area contributed by atoms with Crippen molar-refractivity contribution in [2.45, 2.75) is 19.9 Å². The van der Waals surface area contributed by atoms with E-state index in [-0.39, 0.29) is 5.78 Å². The van der Waals surface area contributed by atoms with Crippen LogP contribution in [0.1, 0.15) is 18.1 Å². The van der Waals surface area contributed by atoms with E-state index in [1.165, 1.54) is 0 Å². The van der Waals surface area contributed by atoms with Crippen molar-refractivity contribution < 1.29 is 4.79 Å². The Kier molecular flexibility index (Phi) is 3.00. The van der Waals surface area contributed by atoms with Crippen LogP contribution >= 0.6 is 0 Å². The Morgan fingerprint density at radius 1 is 1.67 bits per heavy atom. The lowest BCUT2D eigenvalue weighted by molar-refractivity contribution is -0.116. The van der Waals surface area contributed by atoms with Crippen molar-refractivity contribution >= 4 is 5.78 Å². The van der Waals surface area contributed by atoms with Crippen molar-refractivity contribution in [2.24, 2.45) is 5.73 Å². The molecule has 1 aromatic rings. The molecule has 0 atom stereocenters. The van der Waals surface area contributed by atoms with Crippen LogP contribution in [-0.2, 0) is 17.8 Å². The van der Waals surface area contributed by atoms with Gasteiger partial charge < -0.3 is 5.73 Å². The lowest BCUT2D eigenvalue weighted by Gasteiger charge is -1.99. The Hall–Kier alpha value is -1.15. The summed E-state index contributed by atoms with van der Waals surface area (Å²) in [6.07, 6.45) is 0.488. The molecule has 0 heterocycles. The van der Waals surface area contributed by atoms with Gasteiger partial charge in [-0.2, -0.15) is 0 Å². The van der Waals surface area contributed by atoms with Crippen molar-refractivity contribution in [1.82, 2.24) is 0 Å². The summed E-state index contributed by atoms with van der Waals surface area (Å²) in [4.78, 5) is 10.8. The minimum atomic E-state index is 0.171. The summed E-state index contributed by atoms with van der Waals surface area (Å²) in [6, 6.07) is 8.61. The summed E-state index contributed by atoms with van der Waals surface area (Å²) < 4.78 is 0. The molecule has 2 heteroatoms. The van der Waals surface area contributed by atoms with Crippen LogP contribution in [0.3, 0.4) is 0 Å². The highest BCUT2D eigenvalue weighted by Crippen LogP contribution is 2.04. The van der Waals surface area contributed by atoms with E-state index in [0.29, 0.717) is 13.0 Å². The van der Waals surface area contributed by atoms with E-state index < -0.39 is 0 Å². The minimum Gasteiger partial charge on any atom is -0.326 e. The minimum absolute atomic E-state index is 0.171. The average Bonchev–Trinajstić information content (AvgIpc) is 2.03. The molecule has 0 aliphatic carbocycles. The average molecular weight is 162 g/mol. The third-order valence-electron chi connectivity index (χ3n) is 1.60. The van der Waals surface area contributed by atoms with Crippen LogP contribution in [0.5, 0.6) is 0 Å². The molecule has 0 aliphatic heterocycles. The highest BCUT2D eigenvalue weighted by atomic mass is 16.1. The van der Waals surface area contributed by atoms with Crippen LogP contribution in [0, 0.1) is 6.07 Å². The Morgan fingerprint density at radius 3 is 3.00 bits per heavy atom. The first-order valence-electron chi connectivity index (χ1n) is 3.91.